The number of ether oxygens (including phenoxy) is 1. The molecule has 128 valence electrons. The molecule has 0 aromatic heterocycles. The Morgan fingerprint density at radius 1 is 1.24 bits per heavy atom. The van der Waals surface area contributed by atoms with Gasteiger partial charge in [0.1, 0.15) is 18.0 Å². The molecule has 2 atom stereocenters. The van der Waals surface area contributed by atoms with Crippen molar-refractivity contribution in [2.45, 2.75) is 18.6 Å². The lowest BCUT2D eigenvalue weighted by atomic mass is 9.90. The van der Waals surface area contributed by atoms with E-state index in [4.69, 9.17) is 16.3 Å². The van der Waals surface area contributed by atoms with Crippen molar-refractivity contribution >= 4 is 23.2 Å². The molecule has 7 heteroatoms. The number of nitroso groups, excluding NO2 is 1. The van der Waals surface area contributed by atoms with Crippen molar-refractivity contribution in [2.24, 2.45) is 5.18 Å². The van der Waals surface area contributed by atoms with Gasteiger partial charge in [-0.3, -0.25) is 4.79 Å². The molecular weight excluding hydrogens is 342 g/mol. The van der Waals surface area contributed by atoms with E-state index in [1.165, 1.54) is 0 Å². The average Bonchev–Trinajstić information content (AvgIpc) is 2.65. The summed E-state index contributed by atoms with van der Waals surface area (Å²) in [4.78, 5) is 26.0. The predicted molar refractivity (Wildman–Crippen MR) is 95.2 cm³/mol. The minimum Gasteiger partial charge on any atom is -0.497 e. The van der Waals surface area contributed by atoms with Crippen molar-refractivity contribution in [1.82, 2.24) is 5.32 Å². The first-order chi connectivity index (χ1) is 12.1. The normalized spacial score (nSPS) is 21.4. The van der Waals surface area contributed by atoms with Crippen LogP contribution in [-0.4, -0.2) is 19.6 Å². The van der Waals surface area contributed by atoms with Gasteiger partial charge in [-0.25, -0.2) is 0 Å². The van der Waals surface area contributed by atoms with Crippen molar-refractivity contribution in [3.8, 4) is 5.75 Å². The van der Waals surface area contributed by atoms with E-state index in [1.807, 2.05) is 24.3 Å². The largest absolute Gasteiger partial charge is 0.497 e. The fourth-order valence-corrected chi connectivity index (χ4v) is 3.88. The van der Waals surface area contributed by atoms with E-state index in [0.29, 0.717) is 34.8 Å². The Kier molecular flexibility index (Phi) is 3.84. The van der Waals surface area contributed by atoms with Crippen LogP contribution in [0.4, 0.5) is 5.69 Å². The Balaban J connectivity index is 1.84. The Morgan fingerprint density at radius 3 is 2.68 bits per heavy atom. The number of methoxy groups -OCH3 is 1. The first kappa shape index (κ1) is 15.9. The van der Waals surface area contributed by atoms with Gasteiger partial charge in [-0.05, 0) is 36.2 Å². The molecule has 2 aliphatic heterocycles. The SMILES string of the molecule is COc1ccc(C2NC(=O)c3ccc(Cl)c4c3N2CCC4N=O)cc1. The number of carbonyl (C=O) groups excluding carboxylic acids is 1. The smallest absolute Gasteiger partial charge is 0.255 e. The third-order valence-corrected chi connectivity index (χ3v) is 5.14. The van der Waals surface area contributed by atoms with Gasteiger partial charge in [0.05, 0.1) is 18.4 Å². The first-order valence-electron chi connectivity index (χ1n) is 8.00. The molecule has 0 fully saturated rings. The van der Waals surface area contributed by atoms with Crippen LogP contribution >= 0.6 is 11.6 Å². The van der Waals surface area contributed by atoms with Gasteiger partial charge in [-0.1, -0.05) is 28.9 Å². The second kappa shape index (κ2) is 6.04. The summed E-state index contributed by atoms with van der Waals surface area (Å²) in [6.07, 6.45) is 0.234. The van der Waals surface area contributed by atoms with E-state index in [0.717, 1.165) is 11.3 Å². The monoisotopic (exact) mass is 357 g/mol. The maximum Gasteiger partial charge on any atom is 0.255 e. The number of anilines is 1. The zero-order valence-corrected chi connectivity index (χ0v) is 14.3. The summed E-state index contributed by atoms with van der Waals surface area (Å²) in [5.74, 6) is 0.565. The molecule has 0 aliphatic carbocycles. The standard InChI is InChI=1S/C18H16ClN3O3/c1-25-11-4-2-10(3-5-11)17-20-18(23)12-6-7-13(19)15-14(21-24)8-9-22(17)16(12)15/h2-7,14,17H,8-9H2,1H3,(H,20,23). The Labute approximate surface area is 149 Å². The molecule has 0 radical (unpaired) electrons. The average molecular weight is 358 g/mol. The molecule has 1 N–H and O–H groups in total. The minimum atomic E-state index is -0.527. The van der Waals surface area contributed by atoms with E-state index in [-0.39, 0.29) is 12.1 Å². The molecule has 0 spiro atoms. The molecule has 0 bridgehead atoms. The van der Waals surface area contributed by atoms with Gasteiger partial charge < -0.3 is 15.0 Å². The highest BCUT2D eigenvalue weighted by Gasteiger charge is 2.39. The molecule has 2 aliphatic rings. The second-order valence-corrected chi connectivity index (χ2v) is 6.52. The van der Waals surface area contributed by atoms with Crippen molar-refractivity contribution in [2.75, 3.05) is 18.6 Å². The summed E-state index contributed by atoms with van der Waals surface area (Å²) < 4.78 is 5.20. The number of rotatable bonds is 3. The maximum absolute atomic E-state index is 12.6. The van der Waals surface area contributed by atoms with Crippen LogP contribution in [0.2, 0.25) is 5.02 Å². The first-order valence-corrected chi connectivity index (χ1v) is 8.38. The lowest BCUT2D eigenvalue weighted by Crippen LogP contribution is -2.49. The highest BCUT2D eigenvalue weighted by Crippen LogP contribution is 2.47. The number of nitrogens with one attached hydrogen (secondary N) is 1. The lowest BCUT2D eigenvalue weighted by Gasteiger charge is -2.44. The Bertz CT molecular complexity index is 853. The summed E-state index contributed by atoms with van der Waals surface area (Å²) in [7, 11) is 1.61. The zero-order valence-electron chi connectivity index (χ0n) is 13.5. The molecule has 1 amide bonds. The van der Waals surface area contributed by atoms with Crippen LogP contribution in [0.1, 0.15) is 40.1 Å². The third kappa shape index (κ3) is 2.44. The summed E-state index contributed by atoms with van der Waals surface area (Å²) >= 11 is 6.34. The molecule has 4 rings (SSSR count). The fourth-order valence-electron chi connectivity index (χ4n) is 3.60. The lowest BCUT2D eigenvalue weighted by molar-refractivity contribution is 0.0925. The fraction of sp³-hybridized carbons (Fsp3) is 0.278. The maximum atomic E-state index is 12.6. The molecule has 2 aromatic rings. The van der Waals surface area contributed by atoms with E-state index in [9.17, 15) is 9.70 Å². The summed E-state index contributed by atoms with van der Waals surface area (Å²) in [6.45, 7) is 0.605. The van der Waals surface area contributed by atoms with Gasteiger partial charge in [-0.15, -0.1) is 0 Å². The van der Waals surface area contributed by atoms with E-state index in [1.54, 1.807) is 19.2 Å². The predicted octanol–water partition coefficient (Wildman–Crippen LogP) is 3.81. The molecule has 2 unspecified atom stereocenters. The van der Waals surface area contributed by atoms with Crippen LogP contribution in [-0.2, 0) is 0 Å². The molecule has 2 aromatic carbocycles. The quantitative estimate of drug-likeness (QED) is 0.848. The highest BCUT2D eigenvalue weighted by atomic mass is 35.5. The summed E-state index contributed by atoms with van der Waals surface area (Å²) in [6, 6.07) is 10.4. The van der Waals surface area contributed by atoms with Gasteiger partial charge in [-0.2, -0.15) is 4.91 Å². The minimum absolute atomic E-state index is 0.184. The number of carbonyl (C=O) groups is 1. The zero-order chi connectivity index (χ0) is 17.6. The van der Waals surface area contributed by atoms with Crippen molar-refractivity contribution in [3.05, 3.63) is 63.0 Å². The van der Waals surface area contributed by atoms with Gasteiger partial charge in [0.15, 0.2) is 0 Å². The van der Waals surface area contributed by atoms with Crippen LogP contribution in [0.25, 0.3) is 0 Å². The van der Waals surface area contributed by atoms with Gasteiger partial charge in [0.2, 0.25) is 0 Å². The van der Waals surface area contributed by atoms with Crippen molar-refractivity contribution in [1.29, 1.82) is 0 Å². The van der Waals surface area contributed by atoms with Crippen LogP contribution in [0.5, 0.6) is 5.75 Å². The Hall–Kier alpha value is -2.60. The molecule has 6 nitrogen and oxygen atoms in total. The van der Waals surface area contributed by atoms with Gasteiger partial charge >= 0.3 is 0 Å². The van der Waals surface area contributed by atoms with E-state index in [2.05, 4.69) is 15.4 Å². The number of amides is 1. The van der Waals surface area contributed by atoms with Crippen LogP contribution in [0, 0.1) is 4.91 Å². The molecule has 25 heavy (non-hydrogen) atoms. The topological polar surface area (TPSA) is 71.0 Å². The number of halogens is 1. The number of benzene rings is 2. The van der Waals surface area contributed by atoms with E-state index < -0.39 is 6.04 Å². The third-order valence-electron chi connectivity index (χ3n) is 4.81. The second-order valence-electron chi connectivity index (χ2n) is 6.11. The van der Waals surface area contributed by atoms with Gasteiger partial charge in [0, 0.05) is 17.1 Å². The number of nitrogens with zero attached hydrogens (tertiary/aromatic N) is 2. The molecular formula is C18H16ClN3O3. The van der Waals surface area contributed by atoms with Gasteiger partial charge in [0.25, 0.3) is 5.91 Å². The number of hydrogen-bond donors (Lipinski definition) is 1. The molecule has 0 saturated carbocycles. The summed E-state index contributed by atoms with van der Waals surface area (Å²) in [5, 5.41) is 6.72. The van der Waals surface area contributed by atoms with Crippen molar-refractivity contribution in [3.63, 3.8) is 0 Å². The number of hydrogen-bond acceptors (Lipinski definition) is 5. The Morgan fingerprint density at radius 2 is 2.00 bits per heavy atom. The van der Waals surface area contributed by atoms with Crippen LogP contribution in [0.15, 0.2) is 41.6 Å². The van der Waals surface area contributed by atoms with Crippen LogP contribution in [0.3, 0.4) is 0 Å². The molecule has 2 heterocycles. The van der Waals surface area contributed by atoms with Crippen LogP contribution < -0.4 is 15.0 Å². The van der Waals surface area contributed by atoms with Crippen molar-refractivity contribution < 1.29 is 9.53 Å². The van der Waals surface area contributed by atoms with E-state index >= 15 is 0 Å². The highest BCUT2D eigenvalue weighted by molar-refractivity contribution is 6.32. The molecule has 0 saturated heterocycles. The summed E-state index contributed by atoms with van der Waals surface area (Å²) in [5.41, 5.74) is 2.82.